The summed E-state index contributed by atoms with van der Waals surface area (Å²) in [5.74, 6) is -0.652. The quantitative estimate of drug-likeness (QED) is 0.593. The highest BCUT2D eigenvalue weighted by atomic mass is 19.1. The minimum absolute atomic E-state index is 0.0810. The van der Waals surface area contributed by atoms with Crippen molar-refractivity contribution in [2.45, 2.75) is 0 Å². The number of hydrogen-bond acceptors (Lipinski definition) is 3. The molecule has 0 heterocycles. The summed E-state index contributed by atoms with van der Waals surface area (Å²) in [7, 11) is 0. The molecule has 0 fully saturated rings. The molecule has 5 nitrogen and oxygen atoms in total. The molecule has 2 aromatic carbocycles. The van der Waals surface area contributed by atoms with E-state index in [-0.39, 0.29) is 11.3 Å². The highest BCUT2D eigenvalue weighted by Gasteiger charge is 2.09. The van der Waals surface area contributed by atoms with Crippen LogP contribution in [-0.2, 0) is 0 Å². The number of amides is 1. The number of carbonyl (C=O) groups is 1. The fourth-order valence-corrected chi connectivity index (χ4v) is 1.55. The zero-order chi connectivity index (χ0) is 14.5. The van der Waals surface area contributed by atoms with Crippen molar-refractivity contribution in [2.24, 2.45) is 5.73 Å². The van der Waals surface area contributed by atoms with Gasteiger partial charge in [0.25, 0.3) is 0 Å². The molecular formula is C14H12FN3O2. The molecule has 0 saturated heterocycles. The molecule has 2 rings (SSSR count). The third kappa shape index (κ3) is 3.32. The van der Waals surface area contributed by atoms with Gasteiger partial charge < -0.3 is 10.5 Å². The number of nitrogens with two attached hydrogens (primary N) is 1. The molecule has 4 N–H and O–H groups in total. The van der Waals surface area contributed by atoms with Gasteiger partial charge in [-0.2, -0.15) is 0 Å². The van der Waals surface area contributed by atoms with E-state index in [1.54, 1.807) is 30.3 Å². The maximum Gasteiger partial charge on any atom is 0.417 e. The van der Waals surface area contributed by atoms with Gasteiger partial charge in [0, 0.05) is 5.69 Å². The molecule has 102 valence electrons. The molecule has 2 aromatic rings. The molecule has 20 heavy (non-hydrogen) atoms. The van der Waals surface area contributed by atoms with Crippen LogP contribution in [0, 0.1) is 11.2 Å². The van der Waals surface area contributed by atoms with Crippen LogP contribution in [0.1, 0.15) is 5.56 Å². The Morgan fingerprint density at radius 1 is 1.20 bits per heavy atom. The second kappa shape index (κ2) is 5.83. The van der Waals surface area contributed by atoms with E-state index in [0.29, 0.717) is 5.75 Å². The van der Waals surface area contributed by atoms with Gasteiger partial charge in [-0.3, -0.25) is 10.7 Å². The number of amidine groups is 1. The summed E-state index contributed by atoms with van der Waals surface area (Å²) in [6.07, 6.45) is -0.711. The zero-order valence-electron chi connectivity index (χ0n) is 10.4. The molecule has 0 radical (unpaired) electrons. The van der Waals surface area contributed by atoms with Crippen molar-refractivity contribution in [3.05, 3.63) is 59.9 Å². The molecule has 0 aliphatic carbocycles. The second-order valence-electron chi connectivity index (χ2n) is 3.94. The standard InChI is InChI=1S/C14H12FN3O2/c15-12-7-6-9(8-11(12)13(16)17)18-14(19)20-10-4-2-1-3-5-10/h1-8H,(H3,16,17)(H,18,19). The van der Waals surface area contributed by atoms with E-state index < -0.39 is 17.7 Å². The Kier molecular flexibility index (Phi) is 3.95. The number of carbonyl (C=O) groups excluding carboxylic acids is 1. The van der Waals surface area contributed by atoms with Gasteiger partial charge in [-0.05, 0) is 30.3 Å². The molecule has 0 aromatic heterocycles. The predicted octanol–water partition coefficient (Wildman–Crippen LogP) is 2.72. The van der Waals surface area contributed by atoms with Crippen molar-refractivity contribution in [2.75, 3.05) is 5.32 Å². The lowest BCUT2D eigenvalue weighted by molar-refractivity contribution is 0.215. The lowest BCUT2D eigenvalue weighted by Crippen LogP contribution is -2.18. The highest BCUT2D eigenvalue weighted by Crippen LogP contribution is 2.15. The van der Waals surface area contributed by atoms with Crippen LogP contribution >= 0.6 is 0 Å². The van der Waals surface area contributed by atoms with Gasteiger partial charge in [0.05, 0.1) is 5.56 Å². The second-order valence-corrected chi connectivity index (χ2v) is 3.94. The summed E-state index contributed by atoms with van der Waals surface area (Å²) in [6, 6.07) is 12.3. The summed E-state index contributed by atoms with van der Waals surface area (Å²) in [5, 5.41) is 9.66. The molecule has 6 heteroatoms. The van der Waals surface area contributed by atoms with Crippen LogP contribution in [0.15, 0.2) is 48.5 Å². The summed E-state index contributed by atoms with van der Waals surface area (Å²) in [6.45, 7) is 0. The van der Waals surface area contributed by atoms with Gasteiger partial charge >= 0.3 is 6.09 Å². The Hall–Kier alpha value is -2.89. The molecule has 0 spiro atoms. The van der Waals surface area contributed by atoms with Crippen LogP contribution in [0.2, 0.25) is 0 Å². The summed E-state index contributed by atoms with van der Waals surface area (Å²) >= 11 is 0. The van der Waals surface area contributed by atoms with Crippen LogP contribution in [0.5, 0.6) is 5.75 Å². The summed E-state index contributed by atoms with van der Waals surface area (Å²) in [4.78, 5) is 11.6. The molecule has 0 unspecified atom stereocenters. The van der Waals surface area contributed by atoms with E-state index in [1.165, 1.54) is 12.1 Å². The first-order valence-electron chi connectivity index (χ1n) is 5.74. The zero-order valence-corrected chi connectivity index (χ0v) is 10.4. The number of rotatable bonds is 3. The number of anilines is 1. The molecule has 0 aliphatic heterocycles. The van der Waals surface area contributed by atoms with Crippen LogP contribution in [0.25, 0.3) is 0 Å². The van der Waals surface area contributed by atoms with E-state index >= 15 is 0 Å². The number of benzene rings is 2. The number of nitrogens with one attached hydrogen (secondary N) is 2. The minimum atomic E-state index is -0.711. The first kappa shape index (κ1) is 13.5. The first-order valence-corrected chi connectivity index (χ1v) is 5.74. The fraction of sp³-hybridized carbons (Fsp3) is 0. The van der Waals surface area contributed by atoms with Gasteiger partial charge in [-0.25, -0.2) is 9.18 Å². The van der Waals surface area contributed by atoms with Gasteiger partial charge in [0.1, 0.15) is 17.4 Å². The lowest BCUT2D eigenvalue weighted by Gasteiger charge is -2.08. The van der Waals surface area contributed by atoms with Gasteiger partial charge in [0.2, 0.25) is 0 Å². The average molecular weight is 273 g/mol. The number of para-hydroxylation sites is 1. The van der Waals surface area contributed by atoms with Crippen molar-refractivity contribution >= 4 is 17.6 Å². The van der Waals surface area contributed by atoms with Crippen molar-refractivity contribution in [3.8, 4) is 5.75 Å². The van der Waals surface area contributed by atoms with Crippen molar-refractivity contribution in [1.82, 2.24) is 0 Å². The van der Waals surface area contributed by atoms with Gasteiger partial charge in [0.15, 0.2) is 0 Å². The molecular weight excluding hydrogens is 261 g/mol. The highest BCUT2D eigenvalue weighted by molar-refractivity contribution is 5.97. The van der Waals surface area contributed by atoms with Crippen molar-refractivity contribution in [1.29, 1.82) is 5.41 Å². The third-order valence-corrected chi connectivity index (χ3v) is 2.46. The molecule has 0 atom stereocenters. The molecule has 0 aliphatic rings. The largest absolute Gasteiger partial charge is 0.417 e. The SMILES string of the molecule is N=C(N)c1cc(NC(=O)Oc2ccccc2)ccc1F. The number of halogens is 1. The Morgan fingerprint density at radius 3 is 2.55 bits per heavy atom. The van der Waals surface area contributed by atoms with Crippen LogP contribution in [0.4, 0.5) is 14.9 Å². The van der Waals surface area contributed by atoms with Gasteiger partial charge in [-0.15, -0.1) is 0 Å². The Morgan fingerprint density at radius 2 is 1.90 bits per heavy atom. The van der Waals surface area contributed by atoms with Crippen molar-refractivity contribution < 1.29 is 13.9 Å². The van der Waals surface area contributed by atoms with E-state index in [1.807, 2.05) is 0 Å². The maximum atomic E-state index is 13.3. The van der Waals surface area contributed by atoms with Crippen LogP contribution in [-0.4, -0.2) is 11.9 Å². The molecule has 1 amide bonds. The molecule has 0 saturated carbocycles. The number of hydrogen-bond donors (Lipinski definition) is 3. The maximum absolute atomic E-state index is 13.3. The van der Waals surface area contributed by atoms with E-state index in [0.717, 1.165) is 6.07 Å². The van der Waals surface area contributed by atoms with E-state index in [2.05, 4.69) is 5.32 Å². The van der Waals surface area contributed by atoms with Crippen molar-refractivity contribution in [3.63, 3.8) is 0 Å². The Balaban J connectivity index is 2.08. The lowest BCUT2D eigenvalue weighted by atomic mass is 10.1. The third-order valence-electron chi connectivity index (χ3n) is 2.46. The van der Waals surface area contributed by atoms with E-state index in [4.69, 9.17) is 15.9 Å². The van der Waals surface area contributed by atoms with Crippen LogP contribution < -0.4 is 15.8 Å². The molecule has 0 bridgehead atoms. The number of nitrogen functional groups attached to an aromatic ring is 1. The monoisotopic (exact) mass is 273 g/mol. The van der Waals surface area contributed by atoms with Gasteiger partial charge in [-0.1, -0.05) is 18.2 Å². The minimum Gasteiger partial charge on any atom is -0.410 e. The summed E-state index contributed by atoms with van der Waals surface area (Å²) < 4.78 is 18.4. The normalized spacial score (nSPS) is 9.85. The Bertz CT molecular complexity index is 644. The Labute approximate surface area is 114 Å². The van der Waals surface area contributed by atoms with Crippen LogP contribution in [0.3, 0.4) is 0 Å². The topological polar surface area (TPSA) is 88.2 Å². The fourth-order valence-electron chi connectivity index (χ4n) is 1.55. The first-order chi connectivity index (χ1) is 9.56. The number of ether oxygens (including phenoxy) is 1. The van der Waals surface area contributed by atoms with E-state index in [9.17, 15) is 9.18 Å². The summed E-state index contributed by atoms with van der Waals surface area (Å²) in [5.41, 5.74) is 5.45. The predicted molar refractivity (Wildman–Crippen MR) is 73.5 cm³/mol. The smallest absolute Gasteiger partial charge is 0.410 e. The average Bonchev–Trinajstić information content (AvgIpc) is 2.41.